The molecule has 4 heterocycles. The number of rotatable bonds is 14. The van der Waals surface area contributed by atoms with Crippen molar-refractivity contribution in [2.24, 2.45) is 5.92 Å². The number of fused-ring (bicyclic) bond motifs is 1. The molecule has 2 N–H and O–H groups in total. The third-order valence-corrected chi connectivity index (χ3v) is 10.9. The van der Waals surface area contributed by atoms with Crippen molar-refractivity contribution in [3.05, 3.63) is 35.5 Å². The molecule has 3 atom stereocenters. The van der Waals surface area contributed by atoms with Crippen LogP contribution in [0, 0.1) is 12.8 Å². The van der Waals surface area contributed by atoms with Crippen LogP contribution in [-0.2, 0) is 33.4 Å². The smallest absolute Gasteiger partial charge is 0.409 e. The van der Waals surface area contributed by atoms with Crippen molar-refractivity contribution in [1.82, 2.24) is 30.3 Å². The third-order valence-electron chi connectivity index (χ3n) is 10.9. The van der Waals surface area contributed by atoms with E-state index in [1.165, 1.54) is 11.0 Å². The second kappa shape index (κ2) is 19.2. The quantitative estimate of drug-likeness (QED) is 0.269. The topological polar surface area (TPSA) is 186 Å². The maximum Gasteiger partial charge on any atom is 0.409 e. The molecule has 0 bridgehead atoms. The minimum Gasteiger partial charge on any atom is -0.483 e. The van der Waals surface area contributed by atoms with E-state index >= 15 is 0 Å². The highest BCUT2D eigenvalue weighted by Crippen LogP contribution is 2.28. The molecule has 0 spiro atoms. The fourth-order valence-electron chi connectivity index (χ4n) is 7.47. The van der Waals surface area contributed by atoms with Crippen LogP contribution in [0.5, 0.6) is 5.75 Å². The van der Waals surface area contributed by atoms with Gasteiger partial charge < -0.3 is 44.3 Å². The number of hydrogen-bond acceptors (Lipinski definition) is 11. The molecule has 1 aromatic carbocycles. The average molecular weight is 779 g/mol. The summed E-state index contributed by atoms with van der Waals surface area (Å²) in [5.41, 5.74) is 1.29. The molecule has 1 aliphatic carbocycles. The van der Waals surface area contributed by atoms with Crippen LogP contribution >= 0.6 is 0 Å². The molecule has 56 heavy (non-hydrogen) atoms. The SMILES string of the molecule is CCOC(=O)N1CCN(C(=O)C(CCC(=O)OCC2CCCOC2)NC(=O)c2cc(OCC(=O)N3CCCC3C(=O)NC3CCC3)c3ccc(C)cc3n2)CC1. The van der Waals surface area contributed by atoms with E-state index in [4.69, 9.17) is 18.9 Å². The molecular weight excluding hydrogens is 724 g/mol. The minimum atomic E-state index is -1.11. The van der Waals surface area contributed by atoms with E-state index in [9.17, 15) is 28.8 Å². The zero-order valence-electron chi connectivity index (χ0n) is 32.4. The second-order valence-corrected chi connectivity index (χ2v) is 15.0. The van der Waals surface area contributed by atoms with Crippen LogP contribution in [0.15, 0.2) is 24.3 Å². The molecule has 16 heteroatoms. The van der Waals surface area contributed by atoms with Gasteiger partial charge in [0.05, 0.1) is 25.3 Å². The highest BCUT2D eigenvalue weighted by atomic mass is 16.6. The Morgan fingerprint density at radius 1 is 0.929 bits per heavy atom. The summed E-state index contributed by atoms with van der Waals surface area (Å²) < 4.78 is 22.2. The summed E-state index contributed by atoms with van der Waals surface area (Å²) in [6, 6.07) is 5.41. The number of aryl methyl sites for hydroxylation is 1. The predicted octanol–water partition coefficient (Wildman–Crippen LogP) is 2.73. The van der Waals surface area contributed by atoms with Gasteiger partial charge in [0.25, 0.3) is 11.8 Å². The molecule has 6 rings (SSSR count). The Bertz CT molecular complexity index is 1750. The number of carbonyl (C=O) groups is 6. The summed E-state index contributed by atoms with van der Waals surface area (Å²) in [5.74, 6) is -1.68. The summed E-state index contributed by atoms with van der Waals surface area (Å²) in [6.07, 6.45) is 5.48. The maximum absolute atomic E-state index is 14.0. The molecule has 5 amide bonds. The zero-order chi connectivity index (χ0) is 39.6. The van der Waals surface area contributed by atoms with Crippen molar-refractivity contribution in [2.75, 3.05) is 65.8 Å². The van der Waals surface area contributed by atoms with Crippen molar-refractivity contribution in [1.29, 1.82) is 0 Å². The van der Waals surface area contributed by atoms with E-state index < -0.39 is 36.0 Å². The number of aromatic nitrogens is 1. The van der Waals surface area contributed by atoms with Gasteiger partial charge >= 0.3 is 12.1 Å². The lowest BCUT2D eigenvalue weighted by molar-refractivity contribution is -0.147. The van der Waals surface area contributed by atoms with Crippen molar-refractivity contribution >= 4 is 46.6 Å². The molecule has 3 saturated heterocycles. The summed E-state index contributed by atoms with van der Waals surface area (Å²) in [4.78, 5) is 88.7. The largest absolute Gasteiger partial charge is 0.483 e. The normalized spacial score (nSPS) is 20.5. The number of ether oxygens (including phenoxy) is 4. The van der Waals surface area contributed by atoms with Gasteiger partial charge in [-0.2, -0.15) is 0 Å². The summed E-state index contributed by atoms with van der Waals surface area (Å²) in [7, 11) is 0. The molecule has 4 aliphatic rings. The van der Waals surface area contributed by atoms with Gasteiger partial charge in [0, 0.05) is 69.2 Å². The highest BCUT2D eigenvalue weighted by Gasteiger charge is 2.36. The van der Waals surface area contributed by atoms with Gasteiger partial charge in [-0.05, 0) is 82.9 Å². The lowest BCUT2D eigenvalue weighted by atomic mass is 9.93. The van der Waals surface area contributed by atoms with Crippen molar-refractivity contribution in [3.63, 3.8) is 0 Å². The van der Waals surface area contributed by atoms with E-state index in [1.54, 1.807) is 28.9 Å². The Kier molecular flexibility index (Phi) is 14.0. The molecule has 1 aromatic heterocycles. The third kappa shape index (κ3) is 10.4. The molecule has 304 valence electrons. The fourth-order valence-corrected chi connectivity index (χ4v) is 7.47. The first kappa shape index (κ1) is 40.7. The number of nitrogens with one attached hydrogen (secondary N) is 2. The summed E-state index contributed by atoms with van der Waals surface area (Å²) >= 11 is 0. The van der Waals surface area contributed by atoms with E-state index in [1.807, 2.05) is 13.0 Å². The molecule has 0 radical (unpaired) electrons. The van der Waals surface area contributed by atoms with Gasteiger partial charge in [0.2, 0.25) is 11.8 Å². The average Bonchev–Trinajstić information content (AvgIpc) is 3.69. The number of benzene rings is 1. The van der Waals surface area contributed by atoms with E-state index in [0.29, 0.717) is 43.5 Å². The monoisotopic (exact) mass is 778 g/mol. The lowest BCUT2D eigenvalue weighted by Gasteiger charge is -2.36. The van der Waals surface area contributed by atoms with Gasteiger partial charge in [-0.3, -0.25) is 24.0 Å². The number of piperazine rings is 1. The first-order chi connectivity index (χ1) is 27.1. The first-order valence-corrected chi connectivity index (χ1v) is 20.0. The van der Waals surface area contributed by atoms with E-state index in [0.717, 1.165) is 37.7 Å². The molecule has 4 fully saturated rings. The van der Waals surface area contributed by atoms with Crippen LogP contribution < -0.4 is 15.4 Å². The molecule has 3 aliphatic heterocycles. The molecule has 2 aromatic rings. The number of pyridine rings is 1. The van der Waals surface area contributed by atoms with Gasteiger partial charge in [-0.25, -0.2) is 9.78 Å². The van der Waals surface area contributed by atoms with Gasteiger partial charge in [0.15, 0.2) is 6.61 Å². The minimum absolute atomic E-state index is 0.0292. The van der Waals surface area contributed by atoms with E-state index in [-0.39, 0.29) is 94.1 Å². The van der Waals surface area contributed by atoms with Crippen LogP contribution in [0.3, 0.4) is 0 Å². The molecule has 1 saturated carbocycles. The van der Waals surface area contributed by atoms with Crippen LogP contribution in [0.1, 0.15) is 80.8 Å². The summed E-state index contributed by atoms with van der Waals surface area (Å²) in [6.45, 7) is 6.33. The number of carbonyl (C=O) groups excluding carboxylic acids is 6. The first-order valence-electron chi connectivity index (χ1n) is 20.0. The molecular formula is C40H54N6O10. The van der Waals surface area contributed by atoms with Crippen LogP contribution in [0.25, 0.3) is 10.9 Å². The van der Waals surface area contributed by atoms with Crippen molar-refractivity contribution < 1.29 is 47.7 Å². The van der Waals surface area contributed by atoms with Gasteiger partial charge in [-0.1, -0.05) is 6.07 Å². The number of hydrogen-bond donors (Lipinski definition) is 2. The predicted molar refractivity (Wildman–Crippen MR) is 203 cm³/mol. The number of nitrogens with zero attached hydrogens (tertiary/aromatic N) is 4. The maximum atomic E-state index is 14.0. The highest BCUT2D eigenvalue weighted by molar-refractivity contribution is 5.99. The van der Waals surface area contributed by atoms with E-state index in [2.05, 4.69) is 15.6 Å². The second-order valence-electron chi connectivity index (χ2n) is 15.0. The van der Waals surface area contributed by atoms with Crippen LogP contribution in [0.4, 0.5) is 4.79 Å². The lowest BCUT2D eigenvalue weighted by Crippen LogP contribution is -2.56. The zero-order valence-corrected chi connectivity index (χ0v) is 32.4. The molecule has 3 unspecified atom stereocenters. The standard InChI is InChI=1S/C40H54N6O10/c1-3-54-40(52)45-18-16-44(17-19-45)39(51)30(13-14-36(48)56-24-27-7-6-20-53-23-27)43-37(49)32-22-34(29-12-11-26(2)21-31(29)42-32)55-25-35(47)46-15-5-10-33(46)38(50)41-28-8-4-9-28/h11-12,21-22,27-28,30,33H,3-10,13-20,23-25H2,1-2H3,(H,41,50)(H,43,49). The number of amides is 5. The molecule has 16 nitrogen and oxygen atoms in total. The fraction of sp³-hybridized carbons (Fsp3) is 0.625. The summed E-state index contributed by atoms with van der Waals surface area (Å²) in [5, 5.41) is 6.44. The Balaban J connectivity index is 1.15. The van der Waals surface area contributed by atoms with Crippen molar-refractivity contribution in [2.45, 2.75) is 89.8 Å². The van der Waals surface area contributed by atoms with Crippen molar-refractivity contribution in [3.8, 4) is 5.75 Å². The Morgan fingerprint density at radius 3 is 2.43 bits per heavy atom. The number of esters is 1. The Hall–Kier alpha value is -4.99. The Labute approximate surface area is 326 Å². The van der Waals surface area contributed by atoms with Crippen LogP contribution in [0.2, 0.25) is 0 Å². The number of likely N-dealkylation sites (tertiary alicyclic amines) is 1. The Morgan fingerprint density at radius 2 is 1.71 bits per heavy atom. The van der Waals surface area contributed by atoms with Crippen LogP contribution in [-0.4, -0.2) is 139 Å². The van der Waals surface area contributed by atoms with Gasteiger partial charge in [-0.15, -0.1) is 0 Å². The van der Waals surface area contributed by atoms with Gasteiger partial charge in [0.1, 0.15) is 23.5 Å².